The molecule has 0 bridgehead atoms. The number of nitrogens with two attached hydrogens (primary N) is 1. The van der Waals surface area contributed by atoms with Crippen LogP contribution in [-0.4, -0.2) is 34.9 Å². The molecule has 2 heterocycles. The van der Waals surface area contributed by atoms with Crippen molar-refractivity contribution >= 4 is 44.0 Å². The van der Waals surface area contributed by atoms with Crippen molar-refractivity contribution in [2.75, 3.05) is 10.0 Å². The van der Waals surface area contributed by atoms with E-state index in [-0.39, 0.29) is 21.4 Å². The fourth-order valence-corrected chi connectivity index (χ4v) is 4.97. The topological polar surface area (TPSA) is 140 Å². The Morgan fingerprint density at radius 1 is 1.27 bits per heavy atom. The lowest BCUT2D eigenvalue weighted by molar-refractivity contribution is 0.0508. The molecule has 3 aromatic rings. The fourth-order valence-electron chi connectivity index (χ4n) is 2.59. The van der Waals surface area contributed by atoms with Gasteiger partial charge in [0.2, 0.25) is 5.13 Å². The molecule has 0 unspecified atom stereocenters. The van der Waals surface area contributed by atoms with Crippen LogP contribution in [0.15, 0.2) is 45.5 Å². The summed E-state index contributed by atoms with van der Waals surface area (Å²) in [5.41, 5.74) is 4.22. The standard InChI is InChI=1S/C18H21N5O5S2/c1-11-14(15(24)22(21-11)17(25)28-18(2,3)4)23(16-20-9-10-29-16)30(26,27)13-7-5-12(19)6-8-13/h5-10,21H,19H2,1-4H3. The highest BCUT2D eigenvalue weighted by Crippen LogP contribution is 2.33. The first-order valence-corrected chi connectivity index (χ1v) is 11.1. The van der Waals surface area contributed by atoms with Gasteiger partial charge in [-0.25, -0.2) is 22.5 Å². The number of anilines is 3. The minimum Gasteiger partial charge on any atom is -0.442 e. The average molecular weight is 452 g/mol. The van der Waals surface area contributed by atoms with Crippen LogP contribution in [0.4, 0.5) is 21.3 Å². The number of carbonyl (C=O) groups excluding carboxylic acids is 1. The quantitative estimate of drug-likeness (QED) is 0.581. The van der Waals surface area contributed by atoms with Crippen molar-refractivity contribution in [3.63, 3.8) is 0 Å². The summed E-state index contributed by atoms with van der Waals surface area (Å²) < 4.78 is 33.5. The van der Waals surface area contributed by atoms with E-state index in [1.54, 1.807) is 26.2 Å². The average Bonchev–Trinajstić information content (AvgIpc) is 3.24. The van der Waals surface area contributed by atoms with Gasteiger partial charge in [-0.05, 0) is 52.0 Å². The van der Waals surface area contributed by atoms with Gasteiger partial charge in [-0.3, -0.25) is 9.89 Å². The Bertz CT molecular complexity index is 1220. The van der Waals surface area contributed by atoms with E-state index in [0.717, 1.165) is 15.6 Å². The van der Waals surface area contributed by atoms with Crippen LogP contribution in [0, 0.1) is 6.92 Å². The Hall–Kier alpha value is -3.12. The van der Waals surface area contributed by atoms with E-state index in [1.165, 1.54) is 37.4 Å². The molecule has 3 rings (SSSR count). The van der Waals surface area contributed by atoms with E-state index in [4.69, 9.17) is 10.5 Å². The molecule has 0 aliphatic carbocycles. The minimum atomic E-state index is -4.25. The van der Waals surface area contributed by atoms with Crippen LogP contribution in [0.5, 0.6) is 0 Å². The summed E-state index contributed by atoms with van der Waals surface area (Å²) in [6.45, 7) is 6.44. The van der Waals surface area contributed by atoms with Gasteiger partial charge < -0.3 is 10.5 Å². The third-order valence-corrected chi connectivity index (χ3v) is 6.41. The van der Waals surface area contributed by atoms with E-state index in [1.807, 2.05) is 0 Å². The summed E-state index contributed by atoms with van der Waals surface area (Å²) >= 11 is 1.03. The Balaban J connectivity index is 2.19. The number of rotatable bonds is 4. The zero-order chi connectivity index (χ0) is 22.3. The van der Waals surface area contributed by atoms with Crippen molar-refractivity contribution in [2.45, 2.75) is 38.2 Å². The number of nitrogen functional groups attached to an aromatic ring is 1. The molecule has 2 aromatic heterocycles. The van der Waals surface area contributed by atoms with Gasteiger partial charge in [0.05, 0.1) is 10.6 Å². The van der Waals surface area contributed by atoms with Crippen molar-refractivity contribution in [1.82, 2.24) is 14.8 Å². The predicted octanol–water partition coefficient (Wildman–Crippen LogP) is 2.83. The second kappa shape index (κ2) is 7.61. The van der Waals surface area contributed by atoms with Gasteiger partial charge in [0.25, 0.3) is 10.0 Å². The summed E-state index contributed by atoms with van der Waals surface area (Å²) in [5, 5.41) is 4.21. The highest BCUT2D eigenvalue weighted by atomic mass is 32.2. The Morgan fingerprint density at radius 3 is 2.43 bits per heavy atom. The van der Waals surface area contributed by atoms with E-state index in [2.05, 4.69) is 10.1 Å². The number of nitrogens with zero attached hydrogens (tertiary/aromatic N) is 3. The van der Waals surface area contributed by atoms with E-state index < -0.39 is 27.3 Å². The largest absolute Gasteiger partial charge is 0.442 e. The maximum absolute atomic E-state index is 13.4. The smallest absolute Gasteiger partial charge is 0.436 e. The van der Waals surface area contributed by atoms with Crippen molar-refractivity contribution < 1.29 is 17.9 Å². The molecule has 160 valence electrons. The number of nitrogens with one attached hydrogen (secondary N) is 1. The second-order valence-corrected chi connectivity index (χ2v) is 10.0. The Morgan fingerprint density at radius 2 is 1.90 bits per heavy atom. The number of hydrogen-bond donors (Lipinski definition) is 2. The SMILES string of the molecule is Cc1[nH]n(C(=O)OC(C)(C)C)c(=O)c1N(c1nccs1)S(=O)(=O)c1ccc(N)cc1. The summed E-state index contributed by atoms with van der Waals surface area (Å²) in [7, 11) is -4.25. The molecule has 1 aromatic carbocycles. The summed E-state index contributed by atoms with van der Waals surface area (Å²) in [6.07, 6.45) is 0.464. The third-order valence-electron chi connectivity index (χ3n) is 3.83. The van der Waals surface area contributed by atoms with Crippen molar-refractivity contribution in [3.05, 3.63) is 51.9 Å². The van der Waals surface area contributed by atoms with Crippen LogP contribution >= 0.6 is 11.3 Å². The van der Waals surface area contributed by atoms with Gasteiger partial charge in [-0.15, -0.1) is 16.0 Å². The predicted molar refractivity (Wildman–Crippen MR) is 114 cm³/mol. The van der Waals surface area contributed by atoms with Crippen molar-refractivity contribution in [3.8, 4) is 0 Å². The lowest BCUT2D eigenvalue weighted by Crippen LogP contribution is -2.35. The van der Waals surface area contributed by atoms with Crippen LogP contribution in [0.2, 0.25) is 0 Å². The number of benzene rings is 1. The van der Waals surface area contributed by atoms with Gasteiger partial charge >= 0.3 is 11.7 Å². The highest BCUT2D eigenvalue weighted by molar-refractivity contribution is 7.93. The van der Waals surface area contributed by atoms with Gasteiger partial charge in [0, 0.05) is 17.3 Å². The van der Waals surface area contributed by atoms with E-state index >= 15 is 0 Å². The van der Waals surface area contributed by atoms with Crippen LogP contribution in [0.1, 0.15) is 26.5 Å². The number of H-pyrrole nitrogens is 1. The number of thiazole rings is 1. The fraction of sp³-hybridized carbons (Fsp3) is 0.278. The molecule has 0 aliphatic rings. The zero-order valence-electron chi connectivity index (χ0n) is 16.7. The van der Waals surface area contributed by atoms with Gasteiger partial charge in [0.15, 0.2) is 0 Å². The maximum atomic E-state index is 13.4. The van der Waals surface area contributed by atoms with Crippen molar-refractivity contribution in [1.29, 1.82) is 0 Å². The van der Waals surface area contributed by atoms with Gasteiger partial charge in [0.1, 0.15) is 11.3 Å². The van der Waals surface area contributed by atoms with Crippen LogP contribution < -0.4 is 15.6 Å². The Kier molecular flexibility index (Phi) is 5.48. The lowest BCUT2D eigenvalue weighted by Gasteiger charge is -2.20. The molecule has 0 saturated carbocycles. The van der Waals surface area contributed by atoms with E-state index in [0.29, 0.717) is 10.4 Å². The van der Waals surface area contributed by atoms with Crippen LogP contribution in [-0.2, 0) is 14.8 Å². The highest BCUT2D eigenvalue weighted by Gasteiger charge is 2.35. The summed E-state index contributed by atoms with van der Waals surface area (Å²) in [5.74, 6) is 0. The van der Waals surface area contributed by atoms with Crippen LogP contribution in [0.25, 0.3) is 0 Å². The summed E-state index contributed by atoms with van der Waals surface area (Å²) in [6, 6.07) is 5.55. The van der Waals surface area contributed by atoms with Crippen LogP contribution in [0.3, 0.4) is 0 Å². The lowest BCUT2D eigenvalue weighted by atomic mass is 10.2. The normalized spacial score (nSPS) is 12.0. The number of carbonyl (C=O) groups is 1. The van der Waals surface area contributed by atoms with Gasteiger partial charge in [-0.1, -0.05) is 0 Å². The minimum absolute atomic E-state index is 0.0439. The number of sulfonamides is 1. The molecule has 10 nitrogen and oxygen atoms in total. The number of ether oxygens (including phenoxy) is 1. The molecule has 3 N–H and O–H groups in total. The molecule has 0 aliphatic heterocycles. The second-order valence-electron chi connectivity index (χ2n) is 7.36. The van der Waals surface area contributed by atoms with Gasteiger partial charge in [-0.2, -0.15) is 0 Å². The molecule has 0 spiro atoms. The monoisotopic (exact) mass is 451 g/mol. The molecule has 0 saturated heterocycles. The molecule has 0 fully saturated rings. The molecule has 12 heteroatoms. The third kappa shape index (κ3) is 4.09. The summed E-state index contributed by atoms with van der Waals surface area (Å²) in [4.78, 5) is 29.5. The molecule has 0 atom stereocenters. The van der Waals surface area contributed by atoms with E-state index in [9.17, 15) is 18.0 Å². The molecular formula is C18H21N5O5S2. The molecule has 30 heavy (non-hydrogen) atoms. The van der Waals surface area contributed by atoms with Crippen molar-refractivity contribution in [2.24, 2.45) is 0 Å². The first-order chi connectivity index (χ1) is 13.9. The Labute approximate surface area is 176 Å². The zero-order valence-corrected chi connectivity index (χ0v) is 18.4. The number of aromatic nitrogens is 3. The molecular weight excluding hydrogens is 430 g/mol. The molecule has 0 radical (unpaired) electrons. The first kappa shape index (κ1) is 21.6. The number of aryl methyl sites for hydroxylation is 1. The first-order valence-electron chi connectivity index (χ1n) is 8.77. The molecule has 0 amide bonds. The number of aromatic amines is 1. The maximum Gasteiger partial charge on any atom is 0.436 e. The number of hydrogen-bond acceptors (Lipinski definition) is 8.